The normalized spacial score (nSPS) is 20.7. The van der Waals surface area contributed by atoms with E-state index in [2.05, 4.69) is 15.0 Å². The predicted octanol–water partition coefficient (Wildman–Crippen LogP) is 4.72. The minimum Gasteiger partial charge on any atom is -0.481 e. The minimum absolute atomic E-state index is 0.0173. The molecule has 8 nitrogen and oxygen atoms in total. The van der Waals surface area contributed by atoms with E-state index >= 15 is 0 Å². The molecule has 2 atom stereocenters. The third kappa shape index (κ3) is 5.49. The molecule has 1 saturated heterocycles. The third-order valence-electron chi connectivity index (χ3n) is 7.59. The number of ether oxygens (including phenoxy) is 1. The number of carbonyl (C=O) groups is 3. The van der Waals surface area contributed by atoms with Gasteiger partial charge >= 0.3 is 12.6 Å². The Kier molecular flexibility index (Phi) is 7.99. The van der Waals surface area contributed by atoms with E-state index in [1.165, 1.54) is 6.07 Å². The van der Waals surface area contributed by atoms with E-state index in [0.717, 1.165) is 11.1 Å². The second kappa shape index (κ2) is 11.0. The molecular weight excluding hydrogens is 496 g/mol. The number of nitrogens with one attached hydrogen (secondary N) is 1. The Morgan fingerprint density at radius 2 is 1.79 bits per heavy atom. The van der Waals surface area contributed by atoms with Crippen LogP contribution in [0.4, 0.5) is 14.5 Å². The van der Waals surface area contributed by atoms with E-state index in [0.29, 0.717) is 25.0 Å². The zero-order chi connectivity index (χ0) is 27.6. The maximum atomic E-state index is 13.9. The van der Waals surface area contributed by atoms with Crippen LogP contribution >= 0.6 is 0 Å². The fourth-order valence-corrected chi connectivity index (χ4v) is 5.57. The van der Waals surface area contributed by atoms with Crippen LogP contribution in [0.1, 0.15) is 62.3 Å². The molecule has 38 heavy (non-hydrogen) atoms. The van der Waals surface area contributed by atoms with Crippen molar-refractivity contribution in [3.8, 4) is 5.88 Å². The maximum absolute atomic E-state index is 13.9. The van der Waals surface area contributed by atoms with Crippen LogP contribution in [-0.2, 0) is 19.8 Å². The van der Waals surface area contributed by atoms with Crippen LogP contribution in [0.25, 0.3) is 0 Å². The van der Waals surface area contributed by atoms with Crippen molar-refractivity contribution in [1.82, 2.24) is 9.88 Å². The minimum atomic E-state index is -3.11. The van der Waals surface area contributed by atoms with Crippen molar-refractivity contribution < 1.29 is 33.0 Å². The van der Waals surface area contributed by atoms with Crippen LogP contribution in [0.3, 0.4) is 0 Å². The summed E-state index contributed by atoms with van der Waals surface area (Å²) in [4.78, 5) is 44.4. The average Bonchev–Trinajstić information content (AvgIpc) is 2.85. The molecule has 0 bridgehead atoms. The van der Waals surface area contributed by atoms with E-state index in [1.54, 1.807) is 17.9 Å². The number of anilines is 1. The molecule has 204 valence electrons. The summed E-state index contributed by atoms with van der Waals surface area (Å²) in [5.74, 6) is -2.73. The topological polar surface area (TPSA) is 109 Å². The summed E-state index contributed by atoms with van der Waals surface area (Å²) in [6, 6.07) is 10.6. The summed E-state index contributed by atoms with van der Waals surface area (Å²) >= 11 is 0. The summed E-state index contributed by atoms with van der Waals surface area (Å²) in [5, 5.41) is 12.2. The molecule has 2 N–H and O–H groups in total. The number of likely N-dealkylation sites (tertiary alicyclic amines) is 1. The molecule has 0 unspecified atom stereocenters. The first-order valence-corrected chi connectivity index (χ1v) is 12.9. The van der Waals surface area contributed by atoms with Gasteiger partial charge in [-0.05, 0) is 55.4 Å². The monoisotopic (exact) mass is 529 g/mol. The highest BCUT2D eigenvalue weighted by Crippen LogP contribution is 2.42. The number of halogens is 2. The molecule has 1 aromatic carbocycles. The number of rotatable bonds is 8. The van der Waals surface area contributed by atoms with Gasteiger partial charge in [0.25, 0.3) is 0 Å². The molecular formula is C28H33F2N3O5. The number of carboxylic acid groups (broad SMARTS) is 1. The fourth-order valence-electron chi connectivity index (χ4n) is 5.57. The summed E-state index contributed by atoms with van der Waals surface area (Å²) in [6.07, 6.45) is 2.12. The number of nitrogens with zero attached hydrogens (tertiary/aromatic N) is 2. The van der Waals surface area contributed by atoms with Crippen molar-refractivity contribution in [2.24, 2.45) is 11.8 Å². The van der Waals surface area contributed by atoms with Gasteiger partial charge in [0, 0.05) is 24.7 Å². The number of alkyl halides is 2. The van der Waals surface area contributed by atoms with E-state index < -0.39 is 35.7 Å². The molecule has 2 amide bonds. The average molecular weight is 530 g/mol. The summed E-state index contributed by atoms with van der Waals surface area (Å²) in [5.41, 5.74) is 1.06. The summed E-state index contributed by atoms with van der Waals surface area (Å²) in [7, 11) is 0. The van der Waals surface area contributed by atoms with Crippen LogP contribution in [-0.4, -0.2) is 52.5 Å². The molecule has 2 aromatic rings. The van der Waals surface area contributed by atoms with Crippen LogP contribution in [0.2, 0.25) is 0 Å². The standard InChI is InChI=1S/C28H33F2N3O5/c1-16(2)20-9-4-5-10-21(20)28(26(37)32-22-12-11-17(3)31-23(22)38-27(29)30)14-33(15-28)24(34)18-7-6-8-19(13-18)25(35)36/h4-5,9-12,16,18-19,27H,6-8,13-15H2,1-3H3,(H,32,37)(H,35,36)/t18-,19+/m1/s1. The lowest BCUT2D eigenvalue weighted by atomic mass is 9.69. The molecule has 2 aliphatic rings. The van der Waals surface area contributed by atoms with Gasteiger partial charge in [0.15, 0.2) is 0 Å². The quantitative estimate of drug-likeness (QED) is 0.512. The SMILES string of the molecule is Cc1ccc(NC(=O)C2(c3ccccc3C(C)C)CN(C(=O)[C@@H]3CCC[C@H](C(=O)O)C3)C2)c(OC(F)F)n1. The van der Waals surface area contributed by atoms with Crippen LogP contribution < -0.4 is 10.1 Å². The van der Waals surface area contributed by atoms with Crippen LogP contribution in [0.5, 0.6) is 5.88 Å². The lowest BCUT2D eigenvalue weighted by Crippen LogP contribution is -2.67. The first-order valence-electron chi connectivity index (χ1n) is 12.9. The highest BCUT2D eigenvalue weighted by atomic mass is 19.3. The number of pyridine rings is 1. The van der Waals surface area contributed by atoms with Crippen molar-refractivity contribution >= 4 is 23.5 Å². The Morgan fingerprint density at radius 3 is 2.45 bits per heavy atom. The van der Waals surface area contributed by atoms with Crippen molar-refractivity contribution in [1.29, 1.82) is 0 Å². The molecule has 1 aliphatic carbocycles. The Balaban J connectivity index is 1.63. The second-order valence-corrected chi connectivity index (χ2v) is 10.6. The Hall–Kier alpha value is -3.56. The number of hydrogen-bond acceptors (Lipinski definition) is 5. The highest BCUT2D eigenvalue weighted by molar-refractivity contribution is 6.02. The first kappa shape index (κ1) is 27.5. The number of carboxylic acids is 1. The summed E-state index contributed by atoms with van der Waals surface area (Å²) < 4.78 is 30.6. The largest absolute Gasteiger partial charge is 0.481 e. The Bertz CT molecular complexity index is 1210. The van der Waals surface area contributed by atoms with Gasteiger partial charge < -0.3 is 20.1 Å². The van der Waals surface area contributed by atoms with Gasteiger partial charge in [0.1, 0.15) is 11.1 Å². The number of aryl methyl sites for hydroxylation is 1. The number of amides is 2. The van der Waals surface area contributed by atoms with Crippen molar-refractivity contribution in [2.75, 3.05) is 18.4 Å². The van der Waals surface area contributed by atoms with Gasteiger partial charge in [-0.2, -0.15) is 8.78 Å². The molecule has 0 spiro atoms. The van der Waals surface area contributed by atoms with Crippen molar-refractivity contribution in [3.63, 3.8) is 0 Å². The number of carbonyl (C=O) groups excluding carboxylic acids is 2. The van der Waals surface area contributed by atoms with E-state index in [1.807, 2.05) is 38.1 Å². The highest BCUT2D eigenvalue weighted by Gasteiger charge is 2.54. The van der Waals surface area contributed by atoms with E-state index in [-0.39, 0.29) is 42.9 Å². The lowest BCUT2D eigenvalue weighted by Gasteiger charge is -2.51. The lowest BCUT2D eigenvalue weighted by molar-refractivity contribution is -0.150. The maximum Gasteiger partial charge on any atom is 0.388 e. The summed E-state index contributed by atoms with van der Waals surface area (Å²) in [6.45, 7) is 2.73. The van der Waals surface area contributed by atoms with Crippen LogP contribution in [0.15, 0.2) is 36.4 Å². The molecule has 1 aliphatic heterocycles. The number of aromatic nitrogens is 1. The number of hydrogen-bond donors (Lipinski definition) is 2. The van der Waals surface area contributed by atoms with Gasteiger partial charge in [0.05, 0.1) is 5.92 Å². The van der Waals surface area contributed by atoms with E-state index in [9.17, 15) is 28.3 Å². The number of aliphatic carboxylic acids is 1. The zero-order valence-corrected chi connectivity index (χ0v) is 21.7. The first-order chi connectivity index (χ1) is 18.0. The van der Waals surface area contributed by atoms with Gasteiger partial charge in [-0.15, -0.1) is 0 Å². The van der Waals surface area contributed by atoms with Gasteiger partial charge in [-0.3, -0.25) is 14.4 Å². The molecule has 10 heteroatoms. The molecule has 2 heterocycles. The van der Waals surface area contributed by atoms with E-state index in [4.69, 9.17) is 0 Å². The van der Waals surface area contributed by atoms with Gasteiger partial charge in [0.2, 0.25) is 17.7 Å². The molecule has 1 saturated carbocycles. The Morgan fingerprint density at radius 1 is 1.11 bits per heavy atom. The third-order valence-corrected chi connectivity index (χ3v) is 7.59. The molecule has 2 fully saturated rings. The zero-order valence-electron chi connectivity index (χ0n) is 21.7. The second-order valence-electron chi connectivity index (χ2n) is 10.6. The molecule has 4 rings (SSSR count). The Labute approximate surface area is 220 Å². The number of benzene rings is 1. The van der Waals surface area contributed by atoms with Gasteiger partial charge in [-0.1, -0.05) is 44.5 Å². The van der Waals surface area contributed by atoms with Crippen molar-refractivity contribution in [3.05, 3.63) is 53.2 Å². The van der Waals surface area contributed by atoms with Crippen molar-refractivity contribution in [2.45, 2.75) is 64.4 Å². The molecule has 1 aromatic heterocycles. The predicted molar refractivity (Wildman–Crippen MR) is 136 cm³/mol. The molecule has 0 radical (unpaired) electrons. The van der Waals surface area contributed by atoms with Gasteiger partial charge in [-0.25, -0.2) is 4.98 Å². The smallest absolute Gasteiger partial charge is 0.388 e. The van der Waals surface area contributed by atoms with Crippen LogP contribution in [0, 0.1) is 18.8 Å². The fraction of sp³-hybridized carbons (Fsp3) is 0.500.